The lowest BCUT2D eigenvalue weighted by molar-refractivity contribution is -0.385. The smallest absolute Gasteiger partial charge is 0.387 e. The van der Waals surface area contributed by atoms with Gasteiger partial charge in [-0.2, -0.15) is 8.78 Å². The topological polar surface area (TPSA) is 85.2 Å². The molecular weight excluding hydrogens is 448 g/mol. The van der Waals surface area contributed by atoms with Crippen LogP contribution in [0, 0.1) is 10.1 Å². The van der Waals surface area contributed by atoms with Crippen LogP contribution in [0.4, 0.5) is 14.5 Å². The van der Waals surface area contributed by atoms with Crippen LogP contribution in [0.1, 0.15) is 11.1 Å². The number of methoxy groups -OCH3 is 1. The number of hydrogen-bond donors (Lipinski definition) is 0. The van der Waals surface area contributed by atoms with Gasteiger partial charge in [0.05, 0.1) is 24.5 Å². The van der Waals surface area contributed by atoms with Crippen molar-refractivity contribution in [2.45, 2.75) is 19.6 Å². The molecule has 11 heteroatoms. The minimum Gasteiger partial charge on any atom is -0.493 e. The Morgan fingerprint density at radius 2 is 1.84 bits per heavy atom. The summed E-state index contributed by atoms with van der Waals surface area (Å²) in [7, 11) is 1.27. The largest absolute Gasteiger partial charge is 0.493 e. The van der Waals surface area contributed by atoms with Crippen LogP contribution in [0.15, 0.2) is 36.4 Å². The molecule has 2 aromatic carbocycles. The summed E-state index contributed by atoms with van der Waals surface area (Å²) >= 11 is 6.13. The predicted molar refractivity (Wildman–Crippen MR) is 113 cm³/mol. The van der Waals surface area contributed by atoms with Crippen molar-refractivity contribution in [1.29, 1.82) is 0 Å². The maximum absolute atomic E-state index is 12.6. The Balaban J connectivity index is 1.66. The van der Waals surface area contributed by atoms with E-state index in [1.165, 1.54) is 13.2 Å². The molecule has 1 aliphatic rings. The van der Waals surface area contributed by atoms with Gasteiger partial charge in [-0.25, -0.2) is 0 Å². The Morgan fingerprint density at radius 1 is 1.16 bits per heavy atom. The fraction of sp³-hybridized carbons (Fsp3) is 0.381. The quantitative estimate of drug-likeness (QED) is 0.432. The van der Waals surface area contributed by atoms with Crippen molar-refractivity contribution in [3.63, 3.8) is 0 Å². The zero-order chi connectivity index (χ0) is 23.3. The normalized spacial score (nSPS) is 14.5. The molecule has 1 heterocycles. The van der Waals surface area contributed by atoms with E-state index in [0.717, 1.165) is 11.6 Å². The second kappa shape index (κ2) is 10.6. The minimum absolute atomic E-state index is 0.0144. The number of amides is 1. The van der Waals surface area contributed by atoms with E-state index in [9.17, 15) is 23.7 Å². The first-order valence-electron chi connectivity index (χ1n) is 9.82. The number of ether oxygens (including phenoxy) is 2. The van der Waals surface area contributed by atoms with Gasteiger partial charge in [0, 0.05) is 43.3 Å². The highest BCUT2D eigenvalue weighted by molar-refractivity contribution is 6.31. The number of piperazine rings is 1. The Labute approximate surface area is 188 Å². The number of nitro benzene ring substituents is 1. The minimum atomic E-state index is -3.13. The molecule has 0 saturated carbocycles. The van der Waals surface area contributed by atoms with Crippen LogP contribution in [-0.4, -0.2) is 60.5 Å². The van der Waals surface area contributed by atoms with Crippen molar-refractivity contribution in [2.24, 2.45) is 0 Å². The average Bonchev–Trinajstić information content (AvgIpc) is 2.76. The van der Waals surface area contributed by atoms with Crippen LogP contribution in [0.3, 0.4) is 0 Å². The summed E-state index contributed by atoms with van der Waals surface area (Å²) < 4.78 is 34.6. The van der Waals surface area contributed by atoms with Gasteiger partial charge in [0.2, 0.25) is 5.91 Å². The monoisotopic (exact) mass is 469 g/mol. The summed E-state index contributed by atoms with van der Waals surface area (Å²) in [5, 5.41) is 12.0. The zero-order valence-electron chi connectivity index (χ0n) is 17.3. The van der Waals surface area contributed by atoms with Gasteiger partial charge in [0.15, 0.2) is 11.5 Å². The second-order valence-electron chi connectivity index (χ2n) is 7.19. The molecule has 0 aromatic heterocycles. The maximum atomic E-state index is 12.6. The lowest BCUT2D eigenvalue weighted by atomic mass is 10.1. The van der Waals surface area contributed by atoms with Gasteiger partial charge in [-0.15, -0.1) is 0 Å². The third-order valence-electron chi connectivity index (χ3n) is 5.20. The number of halogens is 3. The molecule has 0 radical (unpaired) electrons. The molecule has 172 valence electrons. The number of hydrogen-bond acceptors (Lipinski definition) is 6. The molecule has 1 aliphatic heterocycles. The van der Waals surface area contributed by atoms with Gasteiger partial charge >= 0.3 is 6.61 Å². The van der Waals surface area contributed by atoms with E-state index in [-0.39, 0.29) is 30.3 Å². The summed E-state index contributed by atoms with van der Waals surface area (Å²) in [6, 6.07) is 9.46. The van der Waals surface area contributed by atoms with Gasteiger partial charge < -0.3 is 14.4 Å². The lowest BCUT2D eigenvalue weighted by Crippen LogP contribution is -2.48. The highest BCUT2D eigenvalue weighted by Crippen LogP contribution is 2.36. The molecule has 0 bridgehead atoms. The van der Waals surface area contributed by atoms with E-state index in [1.54, 1.807) is 17.0 Å². The number of benzene rings is 2. The number of nitrogens with zero attached hydrogens (tertiary/aromatic N) is 3. The molecule has 0 spiro atoms. The van der Waals surface area contributed by atoms with E-state index in [0.29, 0.717) is 36.8 Å². The second-order valence-corrected chi connectivity index (χ2v) is 7.60. The van der Waals surface area contributed by atoms with E-state index in [4.69, 9.17) is 16.3 Å². The maximum Gasteiger partial charge on any atom is 0.387 e. The molecule has 0 N–H and O–H groups in total. The molecule has 1 fully saturated rings. The molecule has 1 amide bonds. The van der Waals surface area contributed by atoms with Crippen molar-refractivity contribution >= 4 is 23.2 Å². The van der Waals surface area contributed by atoms with Crippen molar-refractivity contribution < 1.29 is 28.0 Å². The molecule has 0 aliphatic carbocycles. The van der Waals surface area contributed by atoms with Crippen molar-refractivity contribution in [2.75, 3.05) is 33.3 Å². The highest BCUT2D eigenvalue weighted by atomic mass is 35.5. The van der Waals surface area contributed by atoms with Crippen LogP contribution in [0.5, 0.6) is 11.5 Å². The number of rotatable bonds is 8. The summed E-state index contributed by atoms with van der Waals surface area (Å²) in [5.41, 5.74) is 0.735. The summed E-state index contributed by atoms with van der Waals surface area (Å²) in [5.74, 6) is -0.453. The molecule has 1 saturated heterocycles. The summed E-state index contributed by atoms with van der Waals surface area (Å²) in [6.07, 6.45) is 0.202. The molecule has 2 aromatic rings. The third-order valence-corrected chi connectivity index (χ3v) is 5.56. The molecule has 3 rings (SSSR count). The lowest BCUT2D eigenvalue weighted by Gasteiger charge is -2.34. The highest BCUT2D eigenvalue weighted by Gasteiger charge is 2.26. The molecule has 0 atom stereocenters. The SMILES string of the molecule is COc1cc(CN2CCN(C(=O)Cc3ccccc3Cl)CC2)c([N+](=O)[O-])cc1OC(F)F. The first-order chi connectivity index (χ1) is 15.3. The van der Waals surface area contributed by atoms with E-state index < -0.39 is 17.3 Å². The third kappa shape index (κ3) is 5.83. The average molecular weight is 470 g/mol. The Kier molecular flexibility index (Phi) is 7.81. The van der Waals surface area contributed by atoms with E-state index in [1.807, 2.05) is 17.0 Å². The van der Waals surface area contributed by atoms with Crippen molar-refractivity contribution in [1.82, 2.24) is 9.80 Å². The molecule has 32 heavy (non-hydrogen) atoms. The zero-order valence-corrected chi connectivity index (χ0v) is 18.1. The molecule has 8 nitrogen and oxygen atoms in total. The molecular formula is C21H22ClF2N3O5. The number of carbonyl (C=O) groups is 1. The van der Waals surface area contributed by atoms with Gasteiger partial charge in [0.1, 0.15) is 0 Å². The Hall–Kier alpha value is -2.98. The van der Waals surface area contributed by atoms with Crippen LogP contribution in [-0.2, 0) is 17.8 Å². The van der Waals surface area contributed by atoms with Crippen molar-refractivity contribution in [3.05, 3.63) is 62.7 Å². The Bertz CT molecular complexity index is 984. The Morgan fingerprint density at radius 3 is 2.44 bits per heavy atom. The first kappa shape index (κ1) is 23.7. The number of carbonyl (C=O) groups excluding carboxylic acids is 1. The van der Waals surface area contributed by atoms with Crippen LogP contribution < -0.4 is 9.47 Å². The standard InChI is InChI=1S/C21H22ClF2N3O5/c1-31-18-10-15(17(27(29)30)12-19(18)32-21(23)24)13-25-6-8-26(9-7-25)20(28)11-14-4-2-3-5-16(14)22/h2-5,10,12,21H,6-9,11,13H2,1H3. The van der Waals surface area contributed by atoms with Crippen LogP contribution in [0.2, 0.25) is 5.02 Å². The van der Waals surface area contributed by atoms with Crippen LogP contribution in [0.25, 0.3) is 0 Å². The van der Waals surface area contributed by atoms with E-state index in [2.05, 4.69) is 4.74 Å². The van der Waals surface area contributed by atoms with Crippen molar-refractivity contribution in [3.8, 4) is 11.5 Å². The van der Waals surface area contributed by atoms with E-state index >= 15 is 0 Å². The summed E-state index contributed by atoms with van der Waals surface area (Å²) in [4.78, 5) is 27.1. The van der Waals surface area contributed by atoms with Gasteiger partial charge in [-0.05, 0) is 17.7 Å². The number of alkyl halides is 2. The predicted octanol–water partition coefficient (Wildman–Crippen LogP) is 3.75. The fourth-order valence-electron chi connectivity index (χ4n) is 3.55. The van der Waals surface area contributed by atoms with Gasteiger partial charge in [-0.3, -0.25) is 19.8 Å². The molecule has 0 unspecified atom stereocenters. The first-order valence-corrected chi connectivity index (χ1v) is 10.2. The van der Waals surface area contributed by atoms with Crippen LogP contribution >= 0.6 is 11.6 Å². The van der Waals surface area contributed by atoms with Gasteiger partial charge in [-0.1, -0.05) is 29.8 Å². The summed E-state index contributed by atoms with van der Waals surface area (Å²) in [6.45, 7) is -1.01. The number of nitro groups is 1. The van der Waals surface area contributed by atoms with Gasteiger partial charge in [0.25, 0.3) is 5.69 Å². The fourth-order valence-corrected chi connectivity index (χ4v) is 3.75.